The maximum Gasteiger partial charge on any atom is 0.414 e. The smallest absolute Gasteiger partial charge is 0.414 e. The number of rotatable bonds is 11. The number of imidazole rings is 1. The molecule has 2 amide bonds. The molecular weight excluding hydrogens is 686 g/mol. The second kappa shape index (κ2) is 14.9. The van der Waals surface area contributed by atoms with E-state index in [0.29, 0.717) is 40.6 Å². The first-order chi connectivity index (χ1) is 25.5. The number of piperidine rings is 1. The minimum atomic E-state index is -1.26. The van der Waals surface area contributed by atoms with Crippen molar-refractivity contribution >= 4 is 29.2 Å². The van der Waals surface area contributed by atoms with Gasteiger partial charge in [-0.25, -0.2) is 24.1 Å². The number of carboxylic acid groups (broad SMARTS) is 1. The molecular formula is C37H43F2N10O4+. The Labute approximate surface area is 305 Å². The number of anilines is 2. The third-order valence-corrected chi connectivity index (χ3v) is 10.5. The molecule has 0 spiro atoms. The van der Waals surface area contributed by atoms with Gasteiger partial charge in [0.15, 0.2) is 23.0 Å². The van der Waals surface area contributed by atoms with Crippen LogP contribution in [0.15, 0.2) is 55.1 Å². The Balaban J connectivity index is 1.06. The highest BCUT2D eigenvalue weighted by Gasteiger charge is 2.36. The molecule has 1 unspecified atom stereocenters. The quantitative estimate of drug-likeness (QED) is 0.149. The van der Waals surface area contributed by atoms with Gasteiger partial charge >= 0.3 is 6.09 Å². The molecule has 0 aliphatic carbocycles. The van der Waals surface area contributed by atoms with Crippen LogP contribution in [0.4, 0.5) is 25.1 Å². The summed E-state index contributed by atoms with van der Waals surface area (Å²) < 4.78 is 38.4. The number of ether oxygens (including phenoxy) is 1. The lowest BCUT2D eigenvalue weighted by atomic mass is 9.93. The van der Waals surface area contributed by atoms with Crippen molar-refractivity contribution in [3.05, 3.63) is 77.9 Å². The Morgan fingerprint density at radius 3 is 2.60 bits per heavy atom. The van der Waals surface area contributed by atoms with Gasteiger partial charge in [-0.05, 0) is 61.2 Å². The number of quaternary nitrogens is 1. The van der Waals surface area contributed by atoms with E-state index >= 15 is 8.78 Å². The van der Waals surface area contributed by atoms with Crippen molar-refractivity contribution < 1.29 is 32.7 Å². The van der Waals surface area contributed by atoms with Crippen LogP contribution in [0.2, 0.25) is 0 Å². The number of fused-ring (bicyclic) bond motifs is 1. The van der Waals surface area contributed by atoms with Gasteiger partial charge in [-0.1, -0.05) is 6.92 Å². The second-order valence-corrected chi connectivity index (χ2v) is 14.2. The van der Waals surface area contributed by atoms with E-state index in [-0.39, 0.29) is 35.3 Å². The van der Waals surface area contributed by atoms with E-state index in [2.05, 4.69) is 37.8 Å². The van der Waals surface area contributed by atoms with Gasteiger partial charge in [0.2, 0.25) is 5.82 Å². The molecule has 5 aromatic rings. The van der Waals surface area contributed by atoms with Crippen molar-refractivity contribution in [2.45, 2.75) is 32.6 Å². The van der Waals surface area contributed by atoms with E-state index < -0.39 is 23.6 Å². The lowest BCUT2D eigenvalue weighted by molar-refractivity contribution is -0.918. The fourth-order valence-corrected chi connectivity index (χ4v) is 7.57. The standard InChI is InChI=1S/C37H42F2N10O4/c1-4-25-17-26(5-6-27(25)36(50)48(37(51)52)21-23-10-15-49(3,16-11-23)22-24-9-12-40-18-24)44-34-35-42-19-29(47(35)14-13-41-34)28-7-8-30(33(39)32(28)38)53-31-20-43-46(2)45-31/h5-8,13-14,17,19-20,23-24,40H,4,9-12,15-16,18,21-22H2,1-3H3,(H-,41,44,50,51,52)/p+1. The van der Waals surface area contributed by atoms with Gasteiger partial charge in [0.25, 0.3) is 11.8 Å². The molecule has 2 aliphatic rings. The van der Waals surface area contributed by atoms with E-state index in [1.54, 1.807) is 35.8 Å². The van der Waals surface area contributed by atoms with E-state index in [0.717, 1.165) is 54.9 Å². The molecule has 1 atom stereocenters. The monoisotopic (exact) mass is 729 g/mol. The number of amides is 2. The topological polar surface area (TPSA) is 152 Å². The first-order valence-corrected chi connectivity index (χ1v) is 17.9. The zero-order valence-electron chi connectivity index (χ0n) is 29.9. The first kappa shape index (κ1) is 35.9. The summed E-state index contributed by atoms with van der Waals surface area (Å²) in [6.45, 7) is 7.27. The molecule has 2 fully saturated rings. The molecule has 16 heteroatoms. The second-order valence-electron chi connectivity index (χ2n) is 14.2. The maximum absolute atomic E-state index is 15.4. The van der Waals surface area contributed by atoms with Crippen LogP contribution in [-0.2, 0) is 13.5 Å². The van der Waals surface area contributed by atoms with Gasteiger partial charge in [-0.3, -0.25) is 9.20 Å². The van der Waals surface area contributed by atoms with Gasteiger partial charge in [-0.15, -0.1) is 5.10 Å². The van der Waals surface area contributed by atoms with Gasteiger partial charge < -0.3 is 25.0 Å². The Morgan fingerprint density at radius 2 is 1.91 bits per heavy atom. The highest BCUT2D eigenvalue weighted by molar-refractivity contribution is 6.03. The van der Waals surface area contributed by atoms with E-state index in [1.807, 2.05) is 6.92 Å². The van der Waals surface area contributed by atoms with Crippen molar-refractivity contribution in [1.82, 2.24) is 39.6 Å². The number of halogens is 2. The molecule has 278 valence electrons. The molecule has 0 radical (unpaired) electrons. The number of benzene rings is 2. The summed E-state index contributed by atoms with van der Waals surface area (Å²) in [5, 5.41) is 24.6. The van der Waals surface area contributed by atoms with Gasteiger partial charge in [-0.2, -0.15) is 14.3 Å². The third kappa shape index (κ3) is 7.55. The van der Waals surface area contributed by atoms with E-state index in [4.69, 9.17) is 4.74 Å². The number of hydrogen-bond acceptors (Lipinski definition) is 9. The fourth-order valence-electron chi connectivity index (χ4n) is 7.57. The zero-order chi connectivity index (χ0) is 37.3. The van der Waals surface area contributed by atoms with Crippen molar-refractivity contribution in [2.75, 3.05) is 51.6 Å². The van der Waals surface area contributed by atoms with E-state index in [9.17, 15) is 14.7 Å². The highest BCUT2D eigenvalue weighted by atomic mass is 19.2. The maximum atomic E-state index is 15.4. The van der Waals surface area contributed by atoms with Crippen LogP contribution in [-0.4, -0.2) is 102 Å². The average Bonchev–Trinajstić information content (AvgIpc) is 3.92. The minimum absolute atomic E-state index is 0.0206. The van der Waals surface area contributed by atoms with Crippen molar-refractivity contribution in [3.63, 3.8) is 0 Å². The number of carbonyl (C=O) groups excluding carboxylic acids is 1. The minimum Gasteiger partial charge on any atom is -0.465 e. The zero-order valence-corrected chi connectivity index (χ0v) is 29.9. The number of nitrogens with zero attached hydrogens (tertiary/aromatic N) is 8. The fraction of sp³-hybridized carbons (Fsp3) is 0.405. The molecule has 3 aromatic heterocycles. The van der Waals surface area contributed by atoms with Crippen molar-refractivity contribution in [3.8, 4) is 22.9 Å². The van der Waals surface area contributed by atoms with Crippen LogP contribution in [0.25, 0.3) is 16.9 Å². The number of imide groups is 1. The molecule has 2 aliphatic heterocycles. The largest absolute Gasteiger partial charge is 0.465 e. The summed E-state index contributed by atoms with van der Waals surface area (Å²) in [5.41, 5.74) is 2.17. The number of aryl methyl sites for hydroxylation is 2. The summed E-state index contributed by atoms with van der Waals surface area (Å²) in [6, 6.07) is 7.80. The Hall–Kier alpha value is -5.48. The molecule has 7 rings (SSSR count). The first-order valence-electron chi connectivity index (χ1n) is 17.9. The van der Waals surface area contributed by atoms with Gasteiger partial charge in [0.05, 0.1) is 38.6 Å². The van der Waals surface area contributed by atoms with Crippen LogP contribution in [0, 0.1) is 23.5 Å². The van der Waals surface area contributed by atoms with Crippen LogP contribution in [0.5, 0.6) is 11.6 Å². The molecule has 2 saturated heterocycles. The highest BCUT2D eigenvalue weighted by Crippen LogP contribution is 2.34. The van der Waals surface area contributed by atoms with Crippen molar-refractivity contribution in [2.24, 2.45) is 18.9 Å². The number of carbonyl (C=O) groups is 2. The molecule has 0 saturated carbocycles. The molecule has 2 aromatic carbocycles. The Kier molecular flexibility index (Phi) is 10.1. The van der Waals surface area contributed by atoms with Crippen LogP contribution in [0.1, 0.15) is 42.1 Å². The summed E-state index contributed by atoms with van der Waals surface area (Å²) in [5.74, 6) is -2.05. The van der Waals surface area contributed by atoms with Crippen LogP contribution in [0.3, 0.4) is 0 Å². The van der Waals surface area contributed by atoms with Gasteiger partial charge in [0, 0.05) is 68.1 Å². The molecule has 0 bridgehead atoms. The van der Waals surface area contributed by atoms with Gasteiger partial charge in [0.1, 0.15) is 6.20 Å². The number of nitrogens with one attached hydrogen (secondary N) is 2. The SMILES string of the molecule is CCc1cc(Nc2nccn3c(-c4ccc(Oc5cnn(C)n5)c(F)c4F)cnc23)ccc1C(=O)N(CC1CC[N+](C)(CC2CCNC2)CC1)C(=O)O. The van der Waals surface area contributed by atoms with E-state index in [1.165, 1.54) is 41.9 Å². The molecule has 3 N–H and O–H groups in total. The summed E-state index contributed by atoms with van der Waals surface area (Å²) in [6.07, 6.45) is 7.96. The van der Waals surface area contributed by atoms with Crippen molar-refractivity contribution in [1.29, 1.82) is 0 Å². The lowest BCUT2D eigenvalue weighted by Crippen LogP contribution is -2.54. The normalized spacial score (nSPS) is 20.1. The number of aromatic nitrogens is 6. The molecule has 5 heterocycles. The van der Waals surface area contributed by atoms with Crippen LogP contribution >= 0.6 is 0 Å². The molecule has 14 nitrogen and oxygen atoms in total. The average molecular weight is 730 g/mol. The number of hydrogen-bond donors (Lipinski definition) is 3. The predicted octanol–water partition coefficient (Wildman–Crippen LogP) is 5.49. The number of likely N-dealkylation sites (tertiary alicyclic amines) is 1. The molecule has 53 heavy (non-hydrogen) atoms. The summed E-state index contributed by atoms with van der Waals surface area (Å²) in [4.78, 5) is 37.3. The third-order valence-electron chi connectivity index (χ3n) is 10.5. The summed E-state index contributed by atoms with van der Waals surface area (Å²) in [7, 11) is 3.86. The Bertz CT molecular complexity index is 2140. The lowest BCUT2D eigenvalue weighted by Gasteiger charge is -2.42. The predicted molar refractivity (Wildman–Crippen MR) is 192 cm³/mol. The Morgan fingerprint density at radius 1 is 1.09 bits per heavy atom. The van der Waals surface area contributed by atoms with Crippen LogP contribution < -0.4 is 15.4 Å². The summed E-state index contributed by atoms with van der Waals surface area (Å²) >= 11 is 0.